The van der Waals surface area contributed by atoms with Gasteiger partial charge in [0.15, 0.2) is 5.78 Å². The second-order valence-electron chi connectivity index (χ2n) is 4.60. The molecule has 0 aliphatic rings. The molecule has 0 aliphatic heterocycles. The van der Waals surface area contributed by atoms with E-state index in [1.54, 1.807) is 19.2 Å². The average Bonchev–Trinajstić information content (AvgIpc) is 2.40. The van der Waals surface area contributed by atoms with E-state index in [9.17, 15) is 4.79 Å². The summed E-state index contributed by atoms with van der Waals surface area (Å²) < 4.78 is 6.14. The minimum Gasteiger partial charge on any atom is -0.496 e. The van der Waals surface area contributed by atoms with Crippen LogP contribution in [0.5, 0.6) is 5.75 Å². The zero-order valence-electron chi connectivity index (χ0n) is 11.5. The summed E-state index contributed by atoms with van der Waals surface area (Å²) in [6.45, 7) is 3.84. The van der Waals surface area contributed by atoms with Crippen LogP contribution in [-0.2, 0) is 0 Å². The van der Waals surface area contributed by atoms with Gasteiger partial charge in [-0.15, -0.1) is 0 Å². The molecule has 2 nitrogen and oxygen atoms in total. The Balaban J connectivity index is 2.51. The summed E-state index contributed by atoms with van der Waals surface area (Å²) in [5, 5.41) is 0.448. The van der Waals surface area contributed by atoms with E-state index < -0.39 is 0 Å². The van der Waals surface area contributed by atoms with Gasteiger partial charge in [-0.2, -0.15) is 0 Å². The van der Waals surface area contributed by atoms with Gasteiger partial charge >= 0.3 is 0 Å². The largest absolute Gasteiger partial charge is 0.496 e. The SMILES string of the molecule is COc1c(C)cc(C(=O)c2cc(Br)ccc2Cl)cc1C. The molecular weight excluding hydrogens is 340 g/mol. The molecule has 2 aromatic carbocycles. The van der Waals surface area contributed by atoms with Gasteiger partial charge in [-0.3, -0.25) is 4.79 Å². The van der Waals surface area contributed by atoms with Crippen molar-refractivity contribution in [1.82, 2.24) is 0 Å². The van der Waals surface area contributed by atoms with Crippen molar-refractivity contribution in [2.24, 2.45) is 0 Å². The van der Waals surface area contributed by atoms with Crippen molar-refractivity contribution in [2.75, 3.05) is 7.11 Å². The van der Waals surface area contributed by atoms with Gasteiger partial charge in [0.1, 0.15) is 5.75 Å². The van der Waals surface area contributed by atoms with Gasteiger partial charge in [-0.25, -0.2) is 0 Å². The maximum Gasteiger partial charge on any atom is 0.194 e. The number of halogens is 2. The molecule has 0 heterocycles. The molecule has 0 aliphatic carbocycles. The molecule has 0 unspecified atom stereocenters. The molecule has 0 N–H and O–H groups in total. The molecule has 0 amide bonds. The van der Waals surface area contributed by atoms with Crippen LogP contribution in [0.3, 0.4) is 0 Å². The predicted octanol–water partition coefficient (Wildman–Crippen LogP) is 4.96. The predicted molar refractivity (Wildman–Crippen MR) is 85.1 cm³/mol. The van der Waals surface area contributed by atoms with Crippen LogP contribution in [-0.4, -0.2) is 12.9 Å². The highest BCUT2D eigenvalue weighted by atomic mass is 79.9. The molecule has 0 fully saturated rings. The van der Waals surface area contributed by atoms with Crippen LogP contribution in [0.4, 0.5) is 0 Å². The standard InChI is InChI=1S/C16H14BrClO2/c1-9-6-11(7-10(2)16(9)20-3)15(19)13-8-12(17)4-5-14(13)18/h4-8H,1-3H3. The minimum absolute atomic E-state index is 0.0925. The van der Waals surface area contributed by atoms with Crippen molar-refractivity contribution in [3.05, 3.63) is 62.1 Å². The highest BCUT2D eigenvalue weighted by Crippen LogP contribution is 2.28. The molecule has 0 saturated heterocycles. The van der Waals surface area contributed by atoms with Gasteiger partial charge in [0.05, 0.1) is 12.1 Å². The Hall–Kier alpha value is -1.32. The molecule has 0 aromatic heterocycles. The molecule has 0 spiro atoms. The highest BCUT2D eigenvalue weighted by molar-refractivity contribution is 9.10. The third-order valence-electron chi connectivity index (χ3n) is 3.10. The zero-order chi connectivity index (χ0) is 14.9. The zero-order valence-corrected chi connectivity index (χ0v) is 13.8. The topological polar surface area (TPSA) is 26.3 Å². The molecule has 0 radical (unpaired) electrons. The maximum absolute atomic E-state index is 12.6. The molecule has 0 saturated carbocycles. The van der Waals surface area contributed by atoms with Crippen LogP contribution < -0.4 is 4.74 Å². The third-order valence-corrected chi connectivity index (χ3v) is 3.92. The molecule has 0 bridgehead atoms. The van der Waals surface area contributed by atoms with E-state index in [1.165, 1.54) is 0 Å². The Bertz CT molecular complexity index is 657. The Morgan fingerprint density at radius 2 is 1.75 bits per heavy atom. The number of ether oxygens (including phenoxy) is 1. The quantitative estimate of drug-likeness (QED) is 0.729. The molecular formula is C16H14BrClO2. The molecule has 2 aromatic rings. The second kappa shape index (κ2) is 5.98. The first kappa shape index (κ1) is 15.1. The smallest absolute Gasteiger partial charge is 0.194 e. The van der Waals surface area contributed by atoms with E-state index in [1.807, 2.05) is 32.0 Å². The lowest BCUT2D eigenvalue weighted by Crippen LogP contribution is -2.04. The molecule has 0 atom stereocenters. The third kappa shape index (κ3) is 2.89. The first-order valence-electron chi connectivity index (χ1n) is 6.09. The second-order valence-corrected chi connectivity index (χ2v) is 5.92. The van der Waals surface area contributed by atoms with E-state index in [2.05, 4.69) is 15.9 Å². The lowest BCUT2D eigenvalue weighted by atomic mass is 9.98. The normalized spacial score (nSPS) is 10.4. The van der Waals surface area contributed by atoms with Crippen molar-refractivity contribution >= 4 is 33.3 Å². The Kier molecular flexibility index (Phi) is 4.51. The summed E-state index contributed by atoms with van der Waals surface area (Å²) in [5.74, 6) is 0.715. The molecule has 104 valence electrons. The molecule has 20 heavy (non-hydrogen) atoms. The fourth-order valence-electron chi connectivity index (χ4n) is 2.23. The first-order valence-corrected chi connectivity index (χ1v) is 7.26. The summed E-state index contributed by atoms with van der Waals surface area (Å²) >= 11 is 9.47. The van der Waals surface area contributed by atoms with Gasteiger partial charge < -0.3 is 4.74 Å². The van der Waals surface area contributed by atoms with E-state index in [0.29, 0.717) is 16.1 Å². The number of aryl methyl sites for hydroxylation is 2. The van der Waals surface area contributed by atoms with Gasteiger partial charge in [0, 0.05) is 15.6 Å². The monoisotopic (exact) mass is 352 g/mol. The number of hydrogen-bond acceptors (Lipinski definition) is 2. The molecule has 2 rings (SSSR count). The summed E-state index contributed by atoms with van der Waals surface area (Å²) in [6, 6.07) is 8.90. The van der Waals surface area contributed by atoms with Crippen LogP contribution in [0.25, 0.3) is 0 Å². The Morgan fingerprint density at radius 1 is 1.15 bits per heavy atom. The van der Waals surface area contributed by atoms with Crippen molar-refractivity contribution in [3.63, 3.8) is 0 Å². The van der Waals surface area contributed by atoms with Crippen LogP contribution >= 0.6 is 27.5 Å². The fourth-order valence-corrected chi connectivity index (χ4v) is 2.79. The van der Waals surface area contributed by atoms with Gasteiger partial charge in [0.25, 0.3) is 0 Å². The Labute approximate surface area is 131 Å². The van der Waals surface area contributed by atoms with E-state index in [-0.39, 0.29) is 5.78 Å². The number of rotatable bonds is 3. The first-order chi connectivity index (χ1) is 9.43. The van der Waals surface area contributed by atoms with Gasteiger partial charge in [-0.05, 0) is 55.3 Å². The van der Waals surface area contributed by atoms with Crippen molar-refractivity contribution in [3.8, 4) is 5.75 Å². The highest BCUT2D eigenvalue weighted by Gasteiger charge is 2.16. The summed E-state index contributed by atoms with van der Waals surface area (Å²) in [7, 11) is 1.63. The van der Waals surface area contributed by atoms with Crippen molar-refractivity contribution < 1.29 is 9.53 Å². The van der Waals surface area contributed by atoms with Crippen LogP contribution in [0.2, 0.25) is 5.02 Å². The average molecular weight is 354 g/mol. The Morgan fingerprint density at radius 3 is 2.30 bits per heavy atom. The minimum atomic E-state index is -0.0925. The summed E-state index contributed by atoms with van der Waals surface area (Å²) in [5.41, 5.74) is 2.97. The van der Waals surface area contributed by atoms with Gasteiger partial charge in [0.2, 0.25) is 0 Å². The van der Waals surface area contributed by atoms with Crippen molar-refractivity contribution in [2.45, 2.75) is 13.8 Å². The lowest BCUT2D eigenvalue weighted by Gasteiger charge is -2.11. The fraction of sp³-hybridized carbons (Fsp3) is 0.188. The van der Waals surface area contributed by atoms with Crippen LogP contribution in [0, 0.1) is 13.8 Å². The number of hydrogen-bond donors (Lipinski definition) is 0. The summed E-state index contributed by atoms with van der Waals surface area (Å²) in [4.78, 5) is 12.6. The van der Waals surface area contributed by atoms with Crippen LogP contribution in [0.1, 0.15) is 27.0 Å². The van der Waals surface area contributed by atoms with E-state index in [4.69, 9.17) is 16.3 Å². The summed E-state index contributed by atoms with van der Waals surface area (Å²) in [6.07, 6.45) is 0. The number of ketones is 1. The van der Waals surface area contributed by atoms with Crippen molar-refractivity contribution in [1.29, 1.82) is 0 Å². The van der Waals surface area contributed by atoms with Crippen LogP contribution in [0.15, 0.2) is 34.8 Å². The number of carbonyl (C=O) groups is 1. The van der Waals surface area contributed by atoms with Gasteiger partial charge in [-0.1, -0.05) is 27.5 Å². The number of benzene rings is 2. The number of carbonyl (C=O) groups excluding carboxylic acids is 1. The van der Waals surface area contributed by atoms with E-state index in [0.717, 1.165) is 21.3 Å². The maximum atomic E-state index is 12.6. The number of methoxy groups -OCH3 is 1. The molecule has 4 heteroatoms. The van der Waals surface area contributed by atoms with E-state index >= 15 is 0 Å². The lowest BCUT2D eigenvalue weighted by molar-refractivity contribution is 0.103.